The molecule has 1 aliphatic rings. The predicted octanol–water partition coefficient (Wildman–Crippen LogP) is 2.47. The fourth-order valence-electron chi connectivity index (χ4n) is 2.14. The van der Waals surface area contributed by atoms with E-state index < -0.39 is 31.2 Å². The number of rotatable bonds is 4. The molecule has 0 unspecified atom stereocenters. The van der Waals surface area contributed by atoms with Crippen molar-refractivity contribution in [1.82, 2.24) is 4.98 Å². The highest BCUT2D eigenvalue weighted by atomic mass is 19.4. The van der Waals surface area contributed by atoms with Crippen LogP contribution in [0, 0.1) is 11.3 Å². The molecule has 0 bridgehead atoms. The number of carboxylic acid groups (broad SMARTS) is 1. The average Bonchev–Trinajstić information content (AvgIpc) is 2.58. The topological polar surface area (TPSA) is 112 Å². The van der Waals surface area contributed by atoms with Crippen LogP contribution in [0.4, 0.5) is 27.8 Å². The molecule has 0 saturated carbocycles. The summed E-state index contributed by atoms with van der Waals surface area (Å²) in [4.78, 5) is 13.2. The molecular formula is C15H17F5N4O2. The van der Waals surface area contributed by atoms with E-state index in [9.17, 15) is 22.0 Å². The number of nitrogens with two attached hydrogens (primary N) is 1. The third-order valence-corrected chi connectivity index (χ3v) is 3.48. The third-order valence-electron chi connectivity index (χ3n) is 3.48. The summed E-state index contributed by atoms with van der Waals surface area (Å²) in [6.45, 7) is -1.34. The Balaban J connectivity index is 0.000000412. The molecule has 1 heterocycles. The number of hydrogen-bond donors (Lipinski definition) is 3. The first-order valence-electron chi connectivity index (χ1n) is 7.55. The highest BCUT2D eigenvalue weighted by Crippen LogP contribution is 2.25. The summed E-state index contributed by atoms with van der Waals surface area (Å²) in [5.74, 6) is -5.52. The average molecular weight is 380 g/mol. The second-order valence-corrected chi connectivity index (χ2v) is 5.53. The zero-order valence-electron chi connectivity index (χ0n) is 13.5. The molecule has 26 heavy (non-hydrogen) atoms. The van der Waals surface area contributed by atoms with E-state index in [1.807, 2.05) is 6.07 Å². The Morgan fingerprint density at radius 3 is 2.38 bits per heavy atom. The van der Waals surface area contributed by atoms with Crippen molar-refractivity contribution in [2.75, 3.05) is 18.4 Å². The number of carbonyl (C=O) groups is 1. The van der Waals surface area contributed by atoms with Crippen molar-refractivity contribution in [2.45, 2.75) is 37.8 Å². The van der Waals surface area contributed by atoms with Gasteiger partial charge >= 0.3 is 12.1 Å². The zero-order chi connectivity index (χ0) is 20.0. The number of aryl methyl sites for hydroxylation is 2. The van der Waals surface area contributed by atoms with Gasteiger partial charge in [-0.3, -0.25) is 0 Å². The Morgan fingerprint density at radius 2 is 1.88 bits per heavy atom. The normalized spacial score (nSPS) is 13.7. The summed E-state index contributed by atoms with van der Waals surface area (Å²) in [6.07, 6.45) is -1.22. The van der Waals surface area contributed by atoms with Crippen molar-refractivity contribution in [3.05, 3.63) is 22.9 Å². The van der Waals surface area contributed by atoms with Crippen molar-refractivity contribution < 1.29 is 31.9 Å². The monoisotopic (exact) mass is 380 g/mol. The third kappa shape index (κ3) is 6.44. The number of nitrogens with one attached hydrogen (secondary N) is 1. The summed E-state index contributed by atoms with van der Waals surface area (Å²) >= 11 is 0. The van der Waals surface area contributed by atoms with Crippen molar-refractivity contribution in [1.29, 1.82) is 5.26 Å². The van der Waals surface area contributed by atoms with E-state index in [-0.39, 0.29) is 5.82 Å². The first-order valence-corrected chi connectivity index (χ1v) is 7.55. The summed E-state index contributed by atoms with van der Waals surface area (Å²) in [5, 5.41) is 18.7. The van der Waals surface area contributed by atoms with E-state index in [2.05, 4.69) is 10.3 Å². The van der Waals surface area contributed by atoms with Gasteiger partial charge in [0, 0.05) is 5.69 Å². The van der Waals surface area contributed by atoms with Crippen molar-refractivity contribution >= 4 is 11.8 Å². The smallest absolute Gasteiger partial charge is 0.475 e. The Hall–Kier alpha value is -2.48. The van der Waals surface area contributed by atoms with Gasteiger partial charge in [0.05, 0.1) is 18.7 Å². The number of alkyl halides is 5. The van der Waals surface area contributed by atoms with E-state index in [0.29, 0.717) is 5.56 Å². The van der Waals surface area contributed by atoms with Crippen LogP contribution in [0.1, 0.15) is 29.7 Å². The van der Waals surface area contributed by atoms with Crippen LogP contribution in [0.3, 0.4) is 0 Å². The highest BCUT2D eigenvalue weighted by molar-refractivity contribution is 5.73. The molecule has 0 atom stereocenters. The van der Waals surface area contributed by atoms with Crippen LogP contribution < -0.4 is 11.1 Å². The van der Waals surface area contributed by atoms with Crippen LogP contribution >= 0.6 is 0 Å². The van der Waals surface area contributed by atoms with Crippen LogP contribution in [0.25, 0.3) is 0 Å². The fraction of sp³-hybridized carbons (Fsp3) is 0.533. The number of nitriles is 1. The maximum Gasteiger partial charge on any atom is 0.490 e. The maximum atomic E-state index is 13.1. The van der Waals surface area contributed by atoms with Gasteiger partial charge in [0.25, 0.3) is 5.92 Å². The summed E-state index contributed by atoms with van der Waals surface area (Å²) < 4.78 is 58.0. The van der Waals surface area contributed by atoms with E-state index >= 15 is 0 Å². The van der Waals surface area contributed by atoms with Gasteiger partial charge in [-0.05, 0) is 37.3 Å². The molecule has 1 aromatic rings. The van der Waals surface area contributed by atoms with E-state index in [4.69, 9.17) is 20.9 Å². The van der Waals surface area contributed by atoms with Crippen LogP contribution in [0.15, 0.2) is 6.07 Å². The molecule has 0 aliphatic heterocycles. The van der Waals surface area contributed by atoms with Gasteiger partial charge in [0.2, 0.25) is 0 Å². The number of halogens is 5. The molecule has 2 rings (SSSR count). The molecule has 0 aromatic carbocycles. The van der Waals surface area contributed by atoms with E-state index in [0.717, 1.165) is 36.9 Å². The molecule has 1 aliphatic carbocycles. The summed E-state index contributed by atoms with van der Waals surface area (Å²) in [7, 11) is 0. The Labute approximate surface area is 145 Å². The quantitative estimate of drug-likeness (QED) is 0.692. The number of hydrogen-bond acceptors (Lipinski definition) is 5. The van der Waals surface area contributed by atoms with Crippen molar-refractivity contribution in [3.63, 3.8) is 0 Å². The molecule has 1 aromatic heterocycles. The number of aromatic nitrogens is 1. The van der Waals surface area contributed by atoms with Gasteiger partial charge in [-0.2, -0.15) is 18.4 Å². The number of fused-ring (bicyclic) bond motifs is 1. The molecule has 144 valence electrons. The van der Waals surface area contributed by atoms with Gasteiger partial charge in [-0.15, -0.1) is 0 Å². The Morgan fingerprint density at radius 1 is 1.31 bits per heavy atom. The minimum absolute atomic E-state index is 0.233. The largest absolute Gasteiger partial charge is 0.490 e. The van der Waals surface area contributed by atoms with Gasteiger partial charge in [-0.1, -0.05) is 0 Å². The Bertz CT molecular complexity index is 686. The number of pyridine rings is 1. The van der Waals surface area contributed by atoms with E-state index in [1.165, 1.54) is 0 Å². The first-order chi connectivity index (χ1) is 12.0. The molecule has 0 fully saturated rings. The molecule has 0 saturated heterocycles. The molecule has 0 spiro atoms. The number of aliphatic carboxylic acids is 1. The zero-order valence-corrected chi connectivity index (χ0v) is 13.5. The molecular weight excluding hydrogens is 363 g/mol. The predicted molar refractivity (Wildman–Crippen MR) is 81.8 cm³/mol. The second kappa shape index (κ2) is 8.75. The lowest BCUT2D eigenvalue weighted by Gasteiger charge is -2.19. The minimum atomic E-state index is -5.08. The van der Waals surface area contributed by atoms with Gasteiger partial charge in [-0.25, -0.2) is 18.6 Å². The number of carboxylic acids is 1. The second-order valence-electron chi connectivity index (χ2n) is 5.53. The van der Waals surface area contributed by atoms with Gasteiger partial charge in [0.1, 0.15) is 11.9 Å². The lowest BCUT2D eigenvalue weighted by molar-refractivity contribution is -0.192. The lowest BCUT2D eigenvalue weighted by Crippen LogP contribution is -2.35. The molecule has 6 nitrogen and oxygen atoms in total. The molecule has 0 radical (unpaired) electrons. The standard InChI is InChI=1S/C13H16F2N4.C2HF3O2/c14-13(15,7-17)8-18-12-10(6-16)5-9-3-1-2-4-11(9)19-12;3-2(4,5)1(6)7/h5H,1-4,7-8,17H2,(H,18,19);(H,6,7). The summed E-state index contributed by atoms with van der Waals surface area (Å²) in [6, 6.07) is 3.75. The summed E-state index contributed by atoms with van der Waals surface area (Å²) in [5.41, 5.74) is 7.25. The lowest BCUT2D eigenvalue weighted by atomic mass is 9.95. The van der Waals surface area contributed by atoms with Crippen LogP contribution in [-0.4, -0.2) is 41.2 Å². The van der Waals surface area contributed by atoms with Crippen LogP contribution in [-0.2, 0) is 17.6 Å². The number of nitrogens with zero attached hydrogens (tertiary/aromatic N) is 2. The van der Waals surface area contributed by atoms with E-state index in [1.54, 1.807) is 6.07 Å². The van der Waals surface area contributed by atoms with Crippen molar-refractivity contribution in [2.24, 2.45) is 5.73 Å². The Kier molecular flexibility index (Phi) is 7.26. The van der Waals surface area contributed by atoms with Gasteiger partial charge < -0.3 is 16.2 Å². The van der Waals surface area contributed by atoms with Crippen molar-refractivity contribution in [3.8, 4) is 6.07 Å². The highest BCUT2D eigenvalue weighted by Gasteiger charge is 2.38. The SMILES string of the molecule is N#Cc1cc2c(nc1NCC(F)(F)CN)CCCC2.O=C(O)C(F)(F)F. The molecule has 0 amide bonds. The molecule has 4 N–H and O–H groups in total. The number of anilines is 1. The minimum Gasteiger partial charge on any atom is -0.475 e. The van der Waals surface area contributed by atoms with Gasteiger partial charge in [0.15, 0.2) is 0 Å². The van der Waals surface area contributed by atoms with Crippen LogP contribution in [0.5, 0.6) is 0 Å². The van der Waals surface area contributed by atoms with Crippen LogP contribution in [0.2, 0.25) is 0 Å². The maximum absolute atomic E-state index is 13.1. The molecule has 11 heteroatoms. The fourth-order valence-corrected chi connectivity index (χ4v) is 2.14. The first kappa shape index (κ1) is 21.6.